The van der Waals surface area contributed by atoms with Crippen molar-refractivity contribution in [1.29, 1.82) is 0 Å². The molecule has 0 spiro atoms. The Kier molecular flexibility index (Phi) is 5.87. The second-order valence-corrected chi connectivity index (χ2v) is 5.32. The molecule has 0 aliphatic rings. The molecule has 3 nitrogen and oxygen atoms in total. The lowest BCUT2D eigenvalue weighted by molar-refractivity contribution is -0.129. The van der Waals surface area contributed by atoms with Crippen LogP contribution in [-0.4, -0.2) is 18.1 Å². The van der Waals surface area contributed by atoms with Gasteiger partial charge in [-0.05, 0) is 37.8 Å². The molecular weight excluding hydrogens is 238 g/mol. The molecule has 0 heterocycles. The third-order valence-electron chi connectivity index (χ3n) is 3.40. The molecule has 1 aromatic rings. The summed E-state index contributed by atoms with van der Waals surface area (Å²) < 4.78 is 5.82. The van der Waals surface area contributed by atoms with Gasteiger partial charge >= 0.3 is 0 Å². The molecule has 0 saturated carbocycles. The average molecular weight is 263 g/mol. The highest BCUT2D eigenvalue weighted by Crippen LogP contribution is 2.19. The van der Waals surface area contributed by atoms with Crippen LogP contribution in [0.5, 0.6) is 5.75 Å². The topological polar surface area (TPSA) is 38.3 Å². The molecule has 0 bridgehead atoms. The third-order valence-corrected chi connectivity index (χ3v) is 3.40. The van der Waals surface area contributed by atoms with E-state index in [-0.39, 0.29) is 11.9 Å². The van der Waals surface area contributed by atoms with Gasteiger partial charge < -0.3 is 10.1 Å². The average Bonchev–Trinajstić information content (AvgIpc) is 2.37. The highest BCUT2D eigenvalue weighted by molar-refractivity contribution is 5.81. The minimum atomic E-state index is -0.428. The quantitative estimate of drug-likeness (QED) is 0.855. The maximum Gasteiger partial charge on any atom is 0.261 e. The number of ether oxygens (including phenoxy) is 1. The van der Waals surface area contributed by atoms with Crippen molar-refractivity contribution in [2.75, 3.05) is 0 Å². The Hall–Kier alpha value is -1.51. The van der Waals surface area contributed by atoms with Crippen molar-refractivity contribution >= 4 is 5.91 Å². The molecule has 1 N–H and O–H groups in total. The van der Waals surface area contributed by atoms with Gasteiger partial charge in [-0.2, -0.15) is 0 Å². The van der Waals surface area contributed by atoms with Crippen LogP contribution in [0.4, 0.5) is 0 Å². The van der Waals surface area contributed by atoms with E-state index in [0.717, 1.165) is 11.3 Å². The molecule has 1 aromatic carbocycles. The monoisotopic (exact) mass is 263 g/mol. The highest BCUT2D eigenvalue weighted by atomic mass is 16.5. The van der Waals surface area contributed by atoms with Crippen LogP contribution in [0.15, 0.2) is 24.3 Å². The molecule has 0 aliphatic heterocycles. The molecular formula is C16H25NO2. The third kappa shape index (κ3) is 4.58. The van der Waals surface area contributed by atoms with Crippen molar-refractivity contribution in [3.8, 4) is 5.75 Å². The molecule has 0 fully saturated rings. The number of para-hydroxylation sites is 1. The Morgan fingerprint density at radius 2 is 1.89 bits per heavy atom. The number of amides is 1. The predicted octanol–water partition coefficient (Wildman–Crippen LogP) is 3.31. The van der Waals surface area contributed by atoms with Crippen molar-refractivity contribution in [3.63, 3.8) is 0 Å². The SMILES string of the molecule is CCC(Oc1ccccc1C)C(=O)NC(C)C(C)C. The van der Waals surface area contributed by atoms with Gasteiger partial charge in [0, 0.05) is 6.04 Å². The Bertz CT molecular complexity index is 415. The molecule has 0 radical (unpaired) electrons. The number of benzene rings is 1. The van der Waals surface area contributed by atoms with Gasteiger partial charge in [-0.3, -0.25) is 4.79 Å². The molecule has 1 rings (SSSR count). The smallest absolute Gasteiger partial charge is 0.261 e. The van der Waals surface area contributed by atoms with E-state index in [1.54, 1.807) is 0 Å². The lowest BCUT2D eigenvalue weighted by Crippen LogP contribution is -2.44. The first-order valence-corrected chi connectivity index (χ1v) is 6.98. The van der Waals surface area contributed by atoms with E-state index in [2.05, 4.69) is 19.2 Å². The molecule has 3 heteroatoms. The fourth-order valence-electron chi connectivity index (χ4n) is 1.65. The Balaban J connectivity index is 2.68. The zero-order valence-corrected chi connectivity index (χ0v) is 12.6. The van der Waals surface area contributed by atoms with E-state index >= 15 is 0 Å². The Labute approximate surface area is 116 Å². The standard InChI is InChI=1S/C16H25NO2/c1-6-14(16(18)17-13(5)11(2)3)19-15-10-8-7-9-12(15)4/h7-11,13-14H,6H2,1-5H3,(H,17,18). The van der Waals surface area contributed by atoms with Crippen LogP contribution in [-0.2, 0) is 4.79 Å². The number of hydrogen-bond donors (Lipinski definition) is 1. The molecule has 0 aliphatic carbocycles. The summed E-state index contributed by atoms with van der Waals surface area (Å²) in [5.74, 6) is 1.16. The van der Waals surface area contributed by atoms with E-state index in [1.807, 2.05) is 45.0 Å². The van der Waals surface area contributed by atoms with E-state index in [9.17, 15) is 4.79 Å². The van der Waals surface area contributed by atoms with Gasteiger partial charge in [0.2, 0.25) is 0 Å². The number of hydrogen-bond acceptors (Lipinski definition) is 2. The molecule has 0 aromatic heterocycles. The summed E-state index contributed by atoms with van der Waals surface area (Å²) in [6.45, 7) is 10.1. The first kappa shape index (κ1) is 15.5. The minimum Gasteiger partial charge on any atom is -0.480 e. The summed E-state index contributed by atoms with van der Waals surface area (Å²) in [5.41, 5.74) is 1.05. The molecule has 0 saturated heterocycles. The number of aryl methyl sites for hydroxylation is 1. The molecule has 2 unspecified atom stereocenters. The van der Waals surface area contributed by atoms with E-state index in [1.165, 1.54) is 0 Å². The van der Waals surface area contributed by atoms with Crippen molar-refractivity contribution in [3.05, 3.63) is 29.8 Å². The van der Waals surface area contributed by atoms with E-state index in [4.69, 9.17) is 4.74 Å². The fraction of sp³-hybridized carbons (Fsp3) is 0.562. The van der Waals surface area contributed by atoms with Gasteiger partial charge in [-0.15, -0.1) is 0 Å². The summed E-state index contributed by atoms with van der Waals surface area (Å²) >= 11 is 0. The molecule has 106 valence electrons. The van der Waals surface area contributed by atoms with Crippen molar-refractivity contribution in [2.24, 2.45) is 5.92 Å². The first-order chi connectivity index (χ1) is 8.95. The van der Waals surface area contributed by atoms with Crippen LogP contribution < -0.4 is 10.1 Å². The van der Waals surface area contributed by atoms with Gasteiger partial charge in [0.1, 0.15) is 5.75 Å². The zero-order valence-electron chi connectivity index (χ0n) is 12.6. The lowest BCUT2D eigenvalue weighted by atomic mass is 10.1. The predicted molar refractivity (Wildman–Crippen MR) is 78.3 cm³/mol. The maximum absolute atomic E-state index is 12.2. The molecule has 1 amide bonds. The second-order valence-electron chi connectivity index (χ2n) is 5.32. The molecule has 2 atom stereocenters. The minimum absolute atomic E-state index is 0.0352. The second kappa shape index (κ2) is 7.17. The number of carbonyl (C=O) groups is 1. The fourth-order valence-corrected chi connectivity index (χ4v) is 1.65. The summed E-state index contributed by atoms with van der Waals surface area (Å²) in [6, 6.07) is 7.92. The Morgan fingerprint density at radius 3 is 2.42 bits per heavy atom. The molecule has 19 heavy (non-hydrogen) atoms. The highest BCUT2D eigenvalue weighted by Gasteiger charge is 2.21. The number of nitrogens with one attached hydrogen (secondary N) is 1. The van der Waals surface area contributed by atoms with Crippen LogP contribution in [0.3, 0.4) is 0 Å². The zero-order chi connectivity index (χ0) is 14.4. The number of carbonyl (C=O) groups excluding carboxylic acids is 1. The summed E-state index contributed by atoms with van der Waals surface area (Å²) in [5, 5.41) is 3.01. The van der Waals surface area contributed by atoms with Crippen molar-refractivity contribution in [2.45, 2.75) is 53.2 Å². The van der Waals surface area contributed by atoms with Crippen molar-refractivity contribution < 1.29 is 9.53 Å². The summed E-state index contributed by atoms with van der Waals surface area (Å²) in [7, 11) is 0. The van der Waals surface area contributed by atoms with Gasteiger partial charge in [0.05, 0.1) is 0 Å². The van der Waals surface area contributed by atoms with Gasteiger partial charge in [0.15, 0.2) is 6.10 Å². The first-order valence-electron chi connectivity index (χ1n) is 6.98. The van der Waals surface area contributed by atoms with Crippen LogP contribution in [0, 0.1) is 12.8 Å². The largest absolute Gasteiger partial charge is 0.480 e. The van der Waals surface area contributed by atoms with Crippen LogP contribution >= 0.6 is 0 Å². The van der Waals surface area contributed by atoms with Gasteiger partial charge in [-0.25, -0.2) is 0 Å². The number of rotatable bonds is 6. The van der Waals surface area contributed by atoms with Crippen LogP contribution in [0.1, 0.15) is 39.7 Å². The van der Waals surface area contributed by atoms with E-state index in [0.29, 0.717) is 12.3 Å². The maximum atomic E-state index is 12.2. The lowest BCUT2D eigenvalue weighted by Gasteiger charge is -2.23. The summed E-state index contributed by atoms with van der Waals surface area (Å²) in [4.78, 5) is 12.2. The van der Waals surface area contributed by atoms with E-state index < -0.39 is 6.10 Å². The summed E-state index contributed by atoms with van der Waals surface area (Å²) in [6.07, 6.45) is 0.229. The van der Waals surface area contributed by atoms with Crippen LogP contribution in [0.2, 0.25) is 0 Å². The van der Waals surface area contributed by atoms with Gasteiger partial charge in [-0.1, -0.05) is 39.0 Å². The van der Waals surface area contributed by atoms with Crippen LogP contribution in [0.25, 0.3) is 0 Å². The Morgan fingerprint density at radius 1 is 1.26 bits per heavy atom. The van der Waals surface area contributed by atoms with Gasteiger partial charge in [0.25, 0.3) is 5.91 Å². The van der Waals surface area contributed by atoms with Crippen molar-refractivity contribution in [1.82, 2.24) is 5.32 Å². The normalized spacial score (nSPS) is 14.0.